The SMILES string of the molecule is COCC1CCCN1C1C(CNS(=O)(=O)c2ccc(OC)cc2)OC(CO)C1O. The molecule has 0 aliphatic carbocycles. The van der Waals surface area contributed by atoms with Crippen LogP contribution in [0.3, 0.4) is 0 Å². The van der Waals surface area contributed by atoms with Crippen molar-refractivity contribution in [3.63, 3.8) is 0 Å². The highest BCUT2D eigenvalue weighted by Crippen LogP contribution is 2.31. The summed E-state index contributed by atoms with van der Waals surface area (Å²) >= 11 is 0. The Hall–Kier alpha value is -1.27. The van der Waals surface area contributed by atoms with Gasteiger partial charge >= 0.3 is 0 Å². The first-order chi connectivity index (χ1) is 13.9. The molecule has 0 saturated carbocycles. The number of methoxy groups -OCH3 is 2. The largest absolute Gasteiger partial charge is 0.497 e. The number of hydrogen-bond donors (Lipinski definition) is 3. The third kappa shape index (κ3) is 4.91. The molecule has 2 heterocycles. The van der Waals surface area contributed by atoms with Crippen molar-refractivity contribution >= 4 is 10.0 Å². The zero-order valence-corrected chi connectivity index (χ0v) is 17.5. The lowest BCUT2D eigenvalue weighted by Gasteiger charge is -2.34. The molecule has 2 saturated heterocycles. The number of benzene rings is 1. The van der Waals surface area contributed by atoms with Gasteiger partial charge in [0.1, 0.15) is 18.0 Å². The molecular weight excluding hydrogens is 400 g/mol. The second kappa shape index (κ2) is 9.69. The lowest BCUT2D eigenvalue weighted by molar-refractivity contribution is -0.0201. The highest BCUT2D eigenvalue weighted by atomic mass is 32.2. The molecule has 29 heavy (non-hydrogen) atoms. The molecule has 3 N–H and O–H groups in total. The van der Waals surface area contributed by atoms with Gasteiger partial charge in [0, 0.05) is 19.7 Å². The summed E-state index contributed by atoms with van der Waals surface area (Å²) in [5.74, 6) is 0.565. The number of ether oxygens (including phenoxy) is 3. The van der Waals surface area contributed by atoms with Crippen molar-refractivity contribution in [3.05, 3.63) is 24.3 Å². The molecule has 5 unspecified atom stereocenters. The van der Waals surface area contributed by atoms with Crippen LogP contribution in [0.25, 0.3) is 0 Å². The van der Waals surface area contributed by atoms with Crippen LogP contribution in [-0.4, -0.2) is 94.4 Å². The van der Waals surface area contributed by atoms with Crippen molar-refractivity contribution in [2.75, 3.05) is 40.5 Å². The minimum Gasteiger partial charge on any atom is -0.497 e. The first-order valence-corrected chi connectivity index (χ1v) is 11.2. The number of nitrogens with zero attached hydrogens (tertiary/aromatic N) is 1. The van der Waals surface area contributed by atoms with E-state index in [-0.39, 0.29) is 24.1 Å². The summed E-state index contributed by atoms with van der Waals surface area (Å²) in [7, 11) is -0.613. The lowest BCUT2D eigenvalue weighted by Crippen LogP contribution is -2.53. The van der Waals surface area contributed by atoms with Gasteiger partial charge in [0.15, 0.2) is 0 Å². The van der Waals surface area contributed by atoms with Gasteiger partial charge in [-0.05, 0) is 43.7 Å². The maximum atomic E-state index is 12.7. The van der Waals surface area contributed by atoms with Gasteiger partial charge in [0.25, 0.3) is 0 Å². The number of sulfonamides is 1. The van der Waals surface area contributed by atoms with Gasteiger partial charge in [0.05, 0.1) is 37.4 Å². The minimum atomic E-state index is -3.76. The zero-order valence-electron chi connectivity index (χ0n) is 16.7. The molecule has 1 aromatic carbocycles. The summed E-state index contributed by atoms with van der Waals surface area (Å²) < 4.78 is 44.1. The third-order valence-corrected chi connectivity index (χ3v) is 7.09. The maximum Gasteiger partial charge on any atom is 0.240 e. The molecule has 10 heteroatoms. The number of hydrogen-bond acceptors (Lipinski definition) is 8. The lowest BCUT2D eigenvalue weighted by atomic mass is 10.0. The average molecular weight is 431 g/mol. The first kappa shape index (κ1) is 22.4. The minimum absolute atomic E-state index is 0.0111. The van der Waals surface area contributed by atoms with Gasteiger partial charge in [-0.25, -0.2) is 13.1 Å². The van der Waals surface area contributed by atoms with Crippen LogP contribution in [0, 0.1) is 0 Å². The smallest absolute Gasteiger partial charge is 0.240 e. The fraction of sp³-hybridized carbons (Fsp3) is 0.684. The van der Waals surface area contributed by atoms with Crippen LogP contribution in [0.15, 0.2) is 29.2 Å². The Morgan fingerprint density at radius 3 is 2.59 bits per heavy atom. The Kier molecular flexibility index (Phi) is 7.49. The molecule has 2 aliphatic heterocycles. The molecule has 0 spiro atoms. The topological polar surface area (TPSA) is 118 Å². The number of rotatable bonds is 9. The number of aliphatic hydroxyl groups excluding tert-OH is 2. The van der Waals surface area contributed by atoms with Crippen LogP contribution in [0.2, 0.25) is 0 Å². The summed E-state index contributed by atoms with van der Waals surface area (Å²) in [4.78, 5) is 2.24. The average Bonchev–Trinajstić information content (AvgIpc) is 3.30. The van der Waals surface area contributed by atoms with E-state index in [1.807, 2.05) is 0 Å². The van der Waals surface area contributed by atoms with Crippen LogP contribution in [0.5, 0.6) is 5.75 Å². The van der Waals surface area contributed by atoms with E-state index in [1.54, 1.807) is 19.2 Å². The number of likely N-dealkylation sites (tertiary alicyclic amines) is 1. The van der Waals surface area contributed by atoms with Gasteiger partial charge in [-0.2, -0.15) is 0 Å². The zero-order chi connectivity index (χ0) is 21.0. The van der Waals surface area contributed by atoms with Crippen LogP contribution in [0.4, 0.5) is 0 Å². The van der Waals surface area contributed by atoms with Crippen LogP contribution in [-0.2, 0) is 19.5 Å². The van der Waals surface area contributed by atoms with Crippen LogP contribution < -0.4 is 9.46 Å². The van der Waals surface area contributed by atoms with Crippen molar-refractivity contribution in [2.24, 2.45) is 0 Å². The van der Waals surface area contributed by atoms with E-state index in [4.69, 9.17) is 14.2 Å². The molecule has 0 bridgehead atoms. The summed E-state index contributed by atoms with van der Waals surface area (Å²) in [5, 5.41) is 20.3. The Labute approximate surface area is 171 Å². The monoisotopic (exact) mass is 430 g/mol. The molecule has 5 atom stereocenters. The molecule has 3 rings (SSSR count). The molecule has 0 aromatic heterocycles. The normalized spacial score (nSPS) is 30.7. The predicted molar refractivity (Wildman–Crippen MR) is 105 cm³/mol. The predicted octanol–water partition coefficient (Wildman–Crippen LogP) is -0.426. The van der Waals surface area contributed by atoms with Crippen molar-refractivity contribution in [1.82, 2.24) is 9.62 Å². The van der Waals surface area contributed by atoms with E-state index in [2.05, 4.69) is 9.62 Å². The third-order valence-electron chi connectivity index (χ3n) is 5.65. The van der Waals surface area contributed by atoms with Gasteiger partial charge < -0.3 is 24.4 Å². The van der Waals surface area contributed by atoms with Crippen LogP contribution >= 0.6 is 0 Å². The number of aliphatic hydroxyl groups is 2. The molecule has 2 aliphatic rings. The summed E-state index contributed by atoms with van der Waals surface area (Å²) in [6, 6.07) is 5.79. The van der Waals surface area contributed by atoms with E-state index in [9.17, 15) is 18.6 Å². The Morgan fingerprint density at radius 2 is 1.97 bits per heavy atom. The van der Waals surface area contributed by atoms with Gasteiger partial charge in [-0.1, -0.05) is 0 Å². The fourth-order valence-electron chi connectivity index (χ4n) is 4.21. The molecule has 0 radical (unpaired) electrons. The highest BCUT2D eigenvalue weighted by Gasteiger charge is 2.49. The van der Waals surface area contributed by atoms with E-state index >= 15 is 0 Å². The fourth-order valence-corrected chi connectivity index (χ4v) is 5.25. The maximum absolute atomic E-state index is 12.7. The van der Waals surface area contributed by atoms with Gasteiger partial charge in [-0.3, -0.25) is 4.90 Å². The summed E-state index contributed by atoms with van der Waals surface area (Å²) in [5.41, 5.74) is 0. The second-order valence-electron chi connectivity index (χ2n) is 7.39. The van der Waals surface area contributed by atoms with E-state index in [0.717, 1.165) is 19.4 Å². The Morgan fingerprint density at radius 1 is 1.24 bits per heavy atom. The molecule has 164 valence electrons. The quantitative estimate of drug-likeness (QED) is 0.483. The van der Waals surface area contributed by atoms with Gasteiger partial charge in [-0.15, -0.1) is 0 Å². The van der Waals surface area contributed by atoms with Crippen molar-refractivity contribution in [1.29, 1.82) is 0 Å². The van der Waals surface area contributed by atoms with E-state index < -0.39 is 34.4 Å². The number of nitrogens with one attached hydrogen (secondary N) is 1. The highest BCUT2D eigenvalue weighted by molar-refractivity contribution is 7.89. The Bertz CT molecular complexity index is 758. The van der Waals surface area contributed by atoms with E-state index in [1.165, 1.54) is 19.2 Å². The van der Waals surface area contributed by atoms with Crippen molar-refractivity contribution in [2.45, 2.75) is 48.1 Å². The van der Waals surface area contributed by atoms with Crippen molar-refractivity contribution < 1.29 is 32.8 Å². The standard InChI is InChI=1S/C19H30N2O7S/c1-26-12-13-4-3-9-21(13)18-16(28-17(11-22)19(18)23)10-20-29(24,25)15-7-5-14(27-2)6-8-15/h5-8,13,16-20,22-23H,3-4,9-12H2,1-2H3. The van der Waals surface area contributed by atoms with Crippen molar-refractivity contribution in [3.8, 4) is 5.75 Å². The first-order valence-electron chi connectivity index (χ1n) is 9.74. The molecule has 2 fully saturated rings. The van der Waals surface area contributed by atoms with Crippen LogP contribution in [0.1, 0.15) is 12.8 Å². The molecule has 1 aromatic rings. The summed E-state index contributed by atoms with van der Waals surface area (Å²) in [6.45, 7) is 0.946. The summed E-state index contributed by atoms with van der Waals surface area (Å²) in [6.07, 6.45) is -0.351. The van der Waals surface area contributed by atoms with E-state index in [0.29, 0.717) is 12.4 Å². The molecule has 0 amide bonds. The Balaban J connectivity index is 1.73. The molecular formula is C19H30N2O7S. The molecule has 9 nitrogen and oxygen atoms in total. The second-order valence-corrected chi connectivity index (χ2v) is 9.16. The van der Waals surface area contributed by atoms with Gasteiger partial charge in [0.2, 0.25) is 10.0 Å².